The number of methoxy groups -OCH3 is 1. The monoisotopic (exact) mass is 264 g/mol. The SMILES string of the molecule is CCOC(=O)c1nc(-c2ccccc2OC)ns1. The summed E-state index contributed by atoms with van der Waals surface area (Å²) in [5.41, 5.74) is 0.756. The fourth-order valence-corrected chi connectivity index (χ4v) is 2.01. The predicted octanol–water partition coefficient (Wildman–Crippen LogP) is 2.39. The molecule has 0 saturated heterocycles. The Kier molecular flexibility index (Phi) is 3.88. The molecule has 5 nitrogen and oxygen atoms in total. The highest BCUT2D eigenvalue weighted by Gasteiger charge is 2.16. The van der Waals surface area contributed by atoms with Crippen LogP contribution in [0.25, 0.3) is 11.4 Å². The van der Waals surface area contributed by atoms with Gasteiger partial charge in [0.25, 0.3) is 0 Å². The summed E-state index contributed by atoms with van der Waals surface area (Å²) in [5.74, 6) is 0.697. The normalized spacial score (nSPS) is 10.1. The first-order chi connectivity index (χ1) is 8.76. The van der Waals surface area contributed by atoms with Crippen LogP contribution in [-0.4, -0.2) is 29.0 Å². The van der Waals surface area contributed by atoms with Crippen LogP contribution in [0.15, 0.2) is 24.3 Å². The zero-order valence-electron chi connectivity index (χ0n) is 10.0. The molecular formula is C12H12N2O3S. The van der Waals surface area contributed by atoms with Crippen LogP contribution < -0.4 is 4.74 Å². The largest absolute Gasteiger partial charge is 0.496 e. The molecule has 0 aliphatic heterocycles. The van der Waals surface area contributed by atoms with E-state index < -0.39 is 5.97 Å². The number of carbonyl (C=O) groups is 1. The van der Waals surface area contributed by atoms with Gasteiger partial charge in [0.15, 0.2) is 5.82 Å². The van der Waals surface area contributed by atoms with Gasteiger partial charge in [-0.3, -0.25) is 0 Å². The molecule has 2 aromatic rings. The highest BCUT2D eigenvalue weighted by atomic mass is 32.1. The second kappa shape index (κ2) is 5.59. The molecule has 2 rings (SSSR count). The summed E-state index contributed by atoms with van der Waals surface area (Å²) in [5, 5.41) is 0.248. The summed E-state index contributed by atoms with van der Waals surface area (Å²) in [4.78, 5) is 15.7. The predicted molar refractivity (Wildman–Crippen MR) is 67.9 cm³/mol. The van der Waals surface area contributed by atoms with E-state index in [1.165, 1.54) is 0 Å². The molecule has 1 aromatic heterocycles. The zero-order valence-corrected chi connectivity index (χ0v) is 10.9. The summed E-state index contributed by atoms with van der Waals surface area (Å²) >= 11 is 1.02. The number of benzene rings is 1. The van der Waals surface area contributed by atoms with Crippen molar-refractivity contribution in [3.8, 4) is 17.1 Å². The van der Waals surface area contributed by atoms with E-state index in [4.69, 9.17) is 9.47 Å². The molecule has 0 spiro atoms. The Morgan fingerprint density at radius 3 is 2.89 bits per heavy atom. The van der Waals surface area contributed by atoms with Gasteiger partial charge in [0, 0.05) is 0 Å². The van der Waals surface area contributed by atoms with Crippen LogP contribution >= 0.6 is 11.5 Å². The number of aromatic nitrogens is 2. The van der Waals surface area contributed by atoms with Gasteiger partial charge in [-0.2, -0.15) is 4.37 Å². The molecule has 0 N–H and O–H groups in total. The van der Waals surface area contributed by atoms with Gasteiger partial charge in [-0.1, -0.05) is 12.1 Å². The standard InChI is InChI=1S/C12H12N2O3S/c1-3-17-12(15)11-13-10(14-18-11)8-6-4-5-7-9(8)16-2/h4-7H,3H2,1-2H3. The molecule has 1 heterocycles. The van der Waals surface area contributed by atoms with Crippen LogP contribution in [0.3, 0.4) is 0 Å². The Bertz CT molecular complexity index is 554. The third kappa shape index (κ3) is 2.48. The Morgan fingerprint density at radius 1 is 1.39 bits per heavy atom. The summed E-state index contributed by atoms with van der Waals surface area (Å²) in [6, 6.07) is 7.39. The Balaban J connectivity index is 2.32. The van der Waals surface area contributed by atoms with Crippen LogP contribution in [0.4, 0.5) is 0 Å². The fourth-order valence-electron chi connectivity index (χ4n) is 1.44. The molecule has 0 radical (unpaired) electrons. The van der Waals surface area contributed by atoms with Crippen LogP contribution in [-0.2, 0) is 4.74 Å². The minimum Gasteiger partial charge on any atom is -0.496 e. The van der Waals surface area contributed by atoms with E-state index in [1.807, 2.05) is 24.3 Å². The molecule has 94 valence electrons. The maximum atomic E-state index is 11.5. The number of carbonyl (C=O) groups excluding carboxylic acids is 1. The molecule has 0 aliphatic rings. The number of esters is 1. The van der Waals surface area contributed by atoms with Crippen molar-refractivity contribution < 1.29 is 14.3 Å². The van der Waals surface area contributed by atoms with Crippen molar-refractivity contribution in [2.45, 2.75) is 6.92 Å². The molecule has 0 saturated carbocycles. The Hall–Kier alpha value is -1.95. The first-order valence-corrected chi connectivity index (χ1v) is 6.17. The van der Waals surface area contributed by atoms with Crippen molar-refractivity contribution in [3.05, 3.63) is 29.3 Å². The molecule has 1 aromatic carbocycles. The maximum Gasteiger partial charge on any atom is 0.369 e. The van der Waals surface area contributed by atoms with Crippen molar-refractivity contribution >= 4 is 17.5 Å². The molecule has 18 heavy (non-hydrogen) atoms. The topological polar surface area (TPSA) is 61.3 Å². The van der Waals surface area contributed by atoms with Gasteiger partial charge in [0.2, 0.25) is 5.01 Å². The molecule has 0 unspecified atom stereocenters. The first-order valence-electron chi connectivity index (χ1n) is 5.40. The number of nitrogens with zero attached hydrogens (tertiary/aromatic N) is 2. The van der Waals surface area contributed by atoms with E-state index in [9.17, 15) is 4.79 Å². The van der Waals surface area contributed by atoms with Gasteiger partial charge in [0.05, 0.1) is 19.3 Å². The van der Waals surface area contributed by atoms with Crippen LogP contribution in [0.2, 0.25) is 0 Å². The molecule has 6 heteroatoms. The third-order valence-electron chi connectivity index (χ3n) is 2.22. The first kappa shape index (κ1) is 12.5. The highest BCUT2D eigenvalue weighted by Crippen LogP contribution is 2.28. The van der Waals surface area contributed by atoms with Gasteiger partial charge in [0.1, 0.15) is 5.75 Å². The number of rotatable bonds is 4. The van der Waals surface area contributed by atoms with Gasteiger partial charge >= 0.3 is 5.97 Å². The number of hydrogen-bond donors (Lipinski definition) is 0. The van der Waals surface area contributed by atoms with E-state index in [-0.39, 0.29) is 5.01 Å². The second-order valence-corrected chi connectivity index (χ2v) is 4.10. The number of para-hydroxylation sites is 1. The Labute approximate surface area is 109 Å². The van der Waals surface area contributed by atoms with E-state index in [0.29, 0.717) is 18.2 Å². The molecule has 0 aliphatic carbocycles. The molecule has 0 amide bonds. The molecular weight excluding hydrogens is 252 g/mol. The van der Waals surface area contributed by atoms with E-state index >= 15 is 0 Å². The van der Waals surface area contributed by atoms with Crippen LogP contribution in [0, 0.1) is 0 Å². The van der Waals surface area contributed by atoms with Gasteiger partial charge in [-0.05, 0) is 30.6 Å². The van der Waals surface area contributed by atoms with E-state index in [2.05, 4.69) is 9.36 Å². The lowest BCUT2D eigenvalue weighted by Gasteiger charge is -2.03. The van der Waals surface area contributed by atoms with Gasteiger partial charge < -0.3 is 9.47 Å². The number of hydrogen-bond acceptors (Lipinski definition) is 6. The minimum atomic E-state index is -0.448. The van der Waals surface area contributed by atoms with E-state index in [0.717, 1.165) is 17.1 Å². The lowest BCUT2D eigenvalue weighted by molar-refractivity contribution is 0.0526. The summed E-state index contributed by atoms with van der Waals surface area (Å²) in [6.07, 6.45) is 0. The minimum absolute atomic E-state index is 0.248. The molecule has 0 atom stereocenters. The summed E-state index contributed by atoms with van der Waals surface area (Å²) in [7, 11) is 1.58. The average Bonchev–Trinajstić information content (AvgIpc) is 2.88. The zero-order chi connectivity index (χ0) is 13.0. The average molecular weight is 264 g/mol. The summed E-state index contributed by atoms with van der Waals surface area (Å²) in [6.45, 7) is 2.07. The van der Waals surface area contributed by atoms with Crippen molar-refractivity contribution in [2.75, 3.05) is 13.7 Å². The third-order valence-corrected chi connectivity index (χ3v) is 2.92. The lowest BCUT2D eigenvalue weighted by Crippen LogP contribution is -2.03. The molecule has 0 fully saturated rings. The number of ether oxygens (including phenoxy) is 2. The van der Waals surface area contributed by atoms with Crippen molar-refractivity contribution in [1.29, 1.82) is 0 Å². The van der Waals surface area contributed by atoms with Gasteiger partial charge in [-0.15, -0.1) is 0 Å². The molecule has 0 bridgehead atoms. The fraction of sp³-hybridized carbons (Fsp3) is 0.250. The summed E-state index contributed by atoms with van der Waals surface area (Å²) < 4.78 is 14.2. The Morgan fingerprint density at radius 2 is 2.17 bits per heavy atom. The second-order valence-electron chi connectivity index (χ2n) is 3.34. The van der Waals surface area contributed by atoms with Crippen molar-refractivity contribution in [2.24, 2.45) is 0 Å². The van der Waals surface area contributed by atoms with E-state index in [1.54, 1.807) is 14.0 Å². The van der Waals surface area contributed by atoms with Crippen LogP contribution in [0.5, 0.6) is 5.75 Å². The smallest absolute Gasteiger partial charge is 0.369 e. The lowest BCUT2D eigenvalue weighted by atomic mass is 10.2. The highest BCUT2D eigenvalue weighted by molar-refractivity contribution is 7.07. The van der Waals surface area contributed by atoms with Crippen molar-refractivity contribution in [3.63, 3.8) is 0 Å². The van der Waals surface area contributed by atoms with Crippen LogP contribution in [0.1, 0.15) is 16.7 Å². The maximum absolute atomic E-state index is 11.5. The van der Waals surface area contributed by atoms with Gasteiger partial charge in [-0.25, -0.2) is 9.78 Å². The quantitative estimate of drug-likeness (QED) is 0.793. The van der Waals surface area contributed by atoms with Crippen molar-refractivity contribution in [1.82, 2.24) is 9.36 Å².